The normalized spacial score (nSPS) is 40.9. The minimum Gasteiger partial charge on any atom is -0.459 e. The van der Waals surface area contributed by atoms with Gasteiger partial charge in [0, 0.05) is 24.3 Å². The van der Waals surface area contributed by atoms with Crippen LogP contribution in [0.5, 0.6) is 0 Å². The maximum atomic E-state index is 11.9. The third-order valence-corrected chi connectivity index (χ3v) is 5.47. The molecule has 120 valence electrons. The molecule has 3 rings (SSSR count). The van der Waals surface area contributed by atoms with Gasteiger partial charge in [-0.05, 0) is 44.3 Å². The molecular weight excluding hydrogens is 284 g/mol. The first kappa shape index (κ1) is 15.3. The Morgan fingerprint density at radius 2 is 2.18 bits per heavy atom. The summed E-state index contributed by atoms with van der Waals surface area (Å²) in [5, 5.41) is 10.3. The first-order valence-electron chi connectivity index (χ1n) is 7.72. The van der Waals surface area contributed by atoms with E-state index in [1.807, 2.05) is 13.8 Å². The van der Waals surface area contributed by atoms with Crippen LogP contribution >= 0.6 is 0 Å². The summed E-state index contributed by atoms with van der Waals surface area (Å²) >= 11 is 0. The summed E-state index contributed by atoms with van der Waals surface area (Å²) in [5.41, 5.74) is 1.56. The lowest BCUT2D eigenvalue weighted by Crippen LogP contribution is -2.40. The maximum absolute atomic E-state index is 11.9. The van der Waals surface area contributed by atoms with Crippen molar-refractivity contribution < 1.29 is 24.2 Å². The van der Waals surface area contributed by atoms with Gasteiger partial charge in [0.2, 0.25) is 0 Å². The van der Waals surface area contributed by atoms with E-state index in [2.05, 4.69) is 6.58 Å². The molecular formula is C17H22O5. The standard InChI is InChI=1S/C17H22O5/c1-8-11-5-6-17(4,22-10(3)18)12-7-13(19)9(2)14(12)15(11)21-16(8)20/h11-13,15,19H,1,5-7H2,2-4H3/t11-,12?,13-,15-,17+/m0/s1. The van der Waals surface area contributed by atoms with Gasteiger partial charge in [0.25, 0.3) is 0 Å². The predicted octanol–water partition coefficient (Wildman–Crippen LogP) is 1.90. The van der Waals surface area contributed by atoms with Crippen LogP contribution in [0.25, 0.3) is 0 Å². The van der Waals surface area contributed by atoms with E-state index in [-0.39, 0.29) is 29.9 Å². The van der Waals surface area contributed by atoms with Crippen LogP contribution in [0.1, 0.15) is 40.0 Å². The number of aliphatic hydroxyl groups excluding tert-OH is 1. The number of fused-ring (bicyclic) bond motifs is 3. The third-order valence-electron chi connectivity index (χ3n) is 5.47. The van der Waals surface area contributed by atoms with E-state index in [1.54, 1.807) is 0 Å². The summed E-state index contributed by atoms with van der Waals surface area (Å²) in [4.78, 5) is 23.4. The Hall–Kier alpha value is -1.62. The largest absolute Gasteiger partial charge is 0.459 e. The predicted molar refractivity (Wildman–Crippen MR) is 78.7 cm³/mol. The molecule has 1 aliphatic heterocycles. The molecule has 0 radical (unpaired) electrons. The highest BCUT2D eigenvalue weighted by Gasteiger charge is 2.55. The Morgan fingerprint density at radius 3 is 2.82 bits per heavy atom. The van der Waals surface area contributed by atoms with Crippen LogP contribution in [0.2, 0.25) is 0 Å². The Balaban J connectivity index is 2.07. The lowest BCUT2D eigenvalue weighted by Gasteiger charge is -2.35. The van der Waals surface area contributed by atoms with E-state index in [4.69, 9.17) is 9.47 Å². The molecule has 5 atom stereocenters. The molecule has 5 heteroatoms. The third kappa shape index (κ3) is 2.10. The molecule has 1 saturated carbocycles. The fraction of sp³-hybridized carbons (Fsp3) is 0.647. The summed E-state index contributed by atoms with van der Waals surface area (Å²) in [5.74, 6) is -0.905. The van der Waals surface area contributed by atoms with Crippen molar-refractivity contribution >= 4 is 11.9 Å². The number of hydrogen-bond acceptors (Lipinski definition) is 5. The topological polar surface area (TPSA) is 72.8 Å². The smallest absolute Gasteiger partial charge is 0.334 e. The van der Waals surface area contributed by atoms with Gasteiger partial charge in [-0.15, -0.1) is 0 Å². The molecule has 3 aliphatic rings. The van der Waals surface area contributed by atoms with E-state index in [0.29, 0.717) is 24.8 Å². The van der Waals surface area contributed by atoms with Gasteiger partial charge in [-0.1, -0.05) is 6.58 Å². The lowest BCUT2D eigenvalue weighted by atomic mass is 9.81. The number of aliphatic hydroxyl groups is 1. The number of rotatable bonds is 1. The van der Waals surface area contributed by atoms with E-state index in [9.17, 15) is 14.7 Å². The highest BCUT2D eigenvalue weighted by atomic mass is 16.6. The van der Waals surface area contributed by atoms with Crippen molar-refractivity contribution in [3.8, 4) is 0 Å². The first-order valence-corrected chi connectivity index (χ1v) is 7.72. The fourth-order valence-electron chi connectivity index (χ4n) is 4.28. The van der Waals surface area contributed by atoms with Crippen molar-refractivity contribution in [3.05, 3.63) is 23.3 Å². The van der Waals surface area contributed by atoms with Crippen LogP contribution in [0.15, 0.2) is 23.3 Å². The second-order valence-electron chi connectivity index (χ2n) is 6.85. The first-order chi connectivity index (χ1) is 10.2. The van der Waals surface area contributed by atoms with Crippen molar-refractivity contribution in [2.45, 2.75) is 57.8 Å². The minimum absolute atomic E-state index is 0.0948. The molecule has 2 fully saturated rings. The Kier molecular flexibility index (Phi) is 3.44. The van der Waals surface area contributed by atoms with Crippen molar-refractivity contribution in [1.29, 1.82) is 0 Å². The van der Waals surface area contributed by atoms with Crippen molar-refractivity contribution in [3.63, 3.8) is 0 Å². The van der Waals surface area contributed by atoms with Crippen molar-refractivity contribution in [2.24, 2.45) is 11.8 Å². The quantitative estimate of drug-likeness (QED) is 0.455. The van der Waals surface area contributed by atoms with Gasteiger partial charge in [0.05, 0.1) is 6.10 Å². The van der Waals surface area contributed by atoms with E-state index in [1.165, 1.54) is 6.92 Å². The molecule has 1 heterocycles. The highest BCUT2D eigenvalue weighted by molar-refractivity contribution is 5.91. The molecule has 1 N–H and O–H groups in total. The van der Waals surface area contributed by atoms with E-state index >= 15 is 0 Å². The van der Waals surface area contributed by atoms with E-state index < -0.39 is 11.7 Å². The van der Waals surface area contributed by atoms with E-state index in [0.717, 1.165) is 11.1 Å². The average molecular weight is 306 g/mol. The van der Waals surface area contributed by atoms with Gasteiger partial charge in [-0.3, -0.25) is 4.79 Å². The zero-order chi connectivity index (χ0) is 16.2. The number of esters is 2. The molecule has 1 saturated heterocycles. The minimum atomic E-state index is -0.684. The van der Waals surface area contributed by atoms with Crippen LogP contribution in [-0.2, 0) is 19.1 Å². The summed E-state index contributed by atoms with van der Waals surface area (Å²) < 4.78 is 11.2. The Labute approximate surface area is 130 Å². The van der Waals surface area contributed by atoms with Gasteiger partial charge >= 0.3 is 11.9 Å². The Morgan fingerprint density at radius 1 is 1.50 bits per heavy atom. The van der Waals surface area contributed by atoms with Gasteiger partial charge in [-0.2, -0.15) is 0 Å². The molecule has 0 spiro atoms. The second-order valence-corrected chi connectivity index (χ2v) is 6.85. The number of ether oxygens (including phenoxy) is 2. The number of carbonyl (C=O) groups is 2. The van der Waals surface area contributed by atoms with Gasteiger partial charge < -0.3 is 14.6 Å². The molecule has 0 aromatic heterocycles. The summed E-state index contributed by atoms with van der Waals surface area (Å²) in [6.07, 6.45) is 0.846. The fourth-order valence-corrected chi connectivity index (χ4v) is 4.28. The molecule has 0 aromatic rings. The number of hydrogen-bond donors (Lipinski definition) is 1. The SMILES string of the molecule is C=C1C(=O)O[C@@H]2C3=C(C)[C@@H](O)CC3[C@](C)(OC(C)=O)CC[C@@H]12. The van der Waals surface area contributed by atoms with Crippen LogP contribution in [0, 0.1) is 11.8 Å². The van der Waals surface area contributed by atoms with Gasteiger partial charge in [0.1, 0.15) is 11.7 Å². The van der Waals surface area contributed by atoms with Crippen molar-refractivity contribution in [2.75, 3.05) is 0 Å². The molecule has 1 unspecified atom stereocenters. The maximum Gasteiger partial charge on any atom is 0.334 e. The average Bonchev–Trinajstić information content (AvgIpc) is 2.82. The molecule has 0 amide bonds. The molecule has 0 aromatic carbocycles. The zero-order valence-corrected chi connectivity index (χ0v) is 13.2. The van der Waals surface area contributed by atoms with Gasteiger partial charge in [-0.25, -0.2) is 4.79 Å². The number of carbonyl (C=O) groups excluding carboxylic acids is 2. The zero-order valence-electron chi connectivity index (χ0n) is 13.2. The molecule has 0 bridgehead atoms. The van der Waals surface area contributed by atoms with Crippen molar-refractivity contribution in [1.82, 2.24) is 0 Å². The lowest BCUT2D eigenvalue weighted by molar-refractivity contribution is -0.161. The second kappa shape index (κ2) is 4.95. The summed E-state index contributed by atoms with van der Waals surface area (Å²) in [7, 11) is 0. The van der Waals surface area contributed by atoms with Gasteiger partial charge in [0.15, 0.2) is 0 Å². The van der Waals surface area contributed by atoms with Crippen LogP contribution in [0.4, 0.5) is 0 Å². The molecule has 5 nitrogen and oxygen atoms in total. The molecule has 22 heavy (non-hydrogen) atoms. The highest BCUT2D eigenvalue weighted by Crippen LogP contribution is 2.52. The summed E-state index contributed by atoms with van der Waals surface area (Å²) in [6.45, 7) is 9.04. The summed E-state index contributed by atoms with van der Waals surface area (Å²) in [6, 6.07) is 0. The Bertz CT molecular complexity index is 590. The van der Waals surface area contributed by atoms with Crippen LogP contribution in [0.3, 0.4) is 0 Å². The van der Waals surface area contributed by atoms with Crippen LogP contribution < -0.4 is 0 Å². The molecule has 2 aliphatic carbocycles. The monoisotopic (exact) mass is 306 g/mol. The van der Waals surface area contributed by atoms with Crippen LogP contribution in [-0.4, -0.2) is 34.9 Å².